The Hall–Kier alpha value is -2.45. The van der Waals surface area contributed by atoms with Crippen molar-refractivity contribution in [3.05, 3.63) is 53.6 Å². The second-order valence-corrected chi connectivity index (χ2v) is 8.12. The Balaban J connectivity index is 1.85. The number of aryl methyl sites for hydroxylation is 1. The molecule has 0 aliphatic rings. The van der Waals surface area contributed by atoms with Gasteiger partial charge in [0.2, 0.25) is 10.0 Å². The Kier molecular flexibility index (Phi) is 4.25. The maximum Gasteiger partial charge on any atom is 0.257 e. The molecule has 2 N–H and O–H groups in total. The molecule has 0 aliphatic heterocycles. The molecule has 3 rings (SSSR count). The number of fused-ring (bicyclic) bond motifs is 1. The van der Waals surface area contributed by atoms with Crippen molar-refractivity contribution in [2.45, 2.75) is 6.92 Å². The van der Waals surface area contributed by atoms with E-state index in [-0.39, 0.29) is 5.91 Å². The van der Waals surface area contributed by atoms with Crippen LogP contribution in [0.5, 0.6) is 0 Å². The molecule has 0 saturated carbocycles. The number of amides is 1. The highest BCUT2D eigenvalue weighted by Crippen LogP contribution is 2.26. The molecule has 0 radical (unpaired) electrons. The number of hydrogen-bond acceptors (Lipinski definition) is 5. The lowest BCUT2D eigenvalue weighted by molar-refractivity contribution is 0.102. The zero-order valence-corrected chi connectivity index (χ0v) is 14.7. The zero-order chi connectivity index (χ0) is 17.3. The molecule has 0 unspecified atom stereocenters. The molecule has 1 amide bonds. The number of sulfonamides is 1. The van der Waals surface area contributed by atoms with Crippen LogP contribution in [0.2, 0.25) is 0 Å². The minimum Gasteiger partial charge on any atom is -0.298 e. The van der Waals surface area contributed by atoms with E-state index in [1.165, 1.54) is 17.4 Å². The zero-order valence-electron chi connectivity index (χ0n) is 13.0. The summed E-state index contributed by atoms with van der Waals surface area (Å²) in [6, 6.07) is 12.5. The molecule has 0 aliphatic carbocycles. The number of nitrogens with one attached hydrogen (secondary N) is 2. The molecule has 1 heterocycles. The smallest absolute Gasteiger partial charge is 0.257 e. The lowest BCUT2D eigenvalue weighted by Gasteiger charge is -2.09. The number of carbonyl (C=O) groups is 1. The summed E-state index contributed by atoms with van der Waals surface area (Å²) in [5, 5.41) is 3.25. The van der Waals surface area contributed by atoms with Gasteiger partial charge in [-0.1, -0.05) is 29.5 Å². The van der Waals surface area contributed by atoms with Gasteiger partial charge in [0.15, 0.2) is 5.13 Å². The first kappa shape index (κ1) is 16.4. The molecular formula is C16H15N3O3S2. The van der Waals surface area contributed by atoms with Crippen molar-refractivity contribution in [2.24, 2.45) is 0 Å². The van der Waals surface area contributed by atoms with E-state index in [1.807, 2.05) is 24.3 Å². The first-order valence-electron chi connectivity index (χ1n) is 7.07. The summed E-state index contributed by atoms with van der Waals surface area (Å²) < 4.78 is 26.2. The van der Waals surface area contributed by atoms with E-state index in [1.54, 1.807) is 19.1 Å². The predicted octanol–water partition coefficient (Wildman–Crippen LogP) is 3.23. The van der Waals surface area contributed by atoms with Gasteiger partial charge >= 0.3 is 0 Å². The van der Waals surface area contributed by atoms with Crippen LogP contribution in [-0.2, 0) is 10.0 Å². The van der Waals surface area contributed by atoms with Gasteiger partial charge in [0, 0.05) is 5.56 Å². The van der Waals surface area contributed by atoms with Crippen LogP contribution >= 0.6 is 11.3 Å². The van der Waals surface area contributed by atoms with Crippen LogP contribution in [0.4, 0.5) is 10.8 Å². The van der Waals surface area contributed by atoms with E-state index in [9.17, 15) is 13.2 Å². The minimum atomic E-state index is -3.41. The second kappa shape index (κ2) is 6.21. The summed E-state index contributed by atoms with van der Waals surface area (Å²) in [5.41, 5.74) is 2.29. The van der Waals surface area contributed by atoms with E-state index in [2.05, 4.69) is 15.0 Å². The Morgan fingerprint density at radius 2 is 1.92 bits per heavy atom. The fourth-order valence-corrected chi connectivity index (χ4v) is 3.65. The quantitative estimate of drug-likeness (QED) is 0.747. The van der Waals surface area contributed by atoms with Gasteiger partial charge in [0.1, 0.15) is 0 Å². The molecule has 24 heavy (non-hydrogen) atoms. The van der Waals surface area contributed by atoms with Gasteiger partial charge in [-0.15, -0.1) is 0 Å². The number of benzene rings is 2. The summed E-state index contributed by atoms with van der Waals surface area (Å²) in [7, 11) is -3.41. The van der Waals surface area contributed by atoms with Crippen molar-refractivity contribution in [3.8, 4) is 0 Å². The van der Waals surface area contributed by atoms with Gasteiger partial charge < -0.3 is 0 Å². The number of rotatable bonds is 4. The summed E-state index contributed by atoms with van der Waals surface area (Å²) in [5.74, 6) is -0.342. The van der Waals surface area contributed by atoms with Crippen LogP contribution in [-0.4, -0.2) is 25.6 Å². The summed E-state index contributed by atoms with van der Waals surface area (Å²) in [6.07, 6.45) is 1.07. The van der Waals surface area contributed by atoms with Crippen molar-refractivity contribution >= 4 is 48.3 Å². The van der Waals surface area contributed by atoms with Gasteiger partial charge in [-0.05, 0) is 36.8 Å². The van der Waals surface area contributed by atoms with Crippen LogP contribution in [0.1, 0.15) is 15.9 Å². The van der Waals surface area contributed by atoms with Crippen LogP contribution < -0.4 is 10.0 Å². The number of carbonyl (C=O) groups excluding carboxylic acids is 1. The summed E-state index contributed by atoms with van der Waals surface area (Å²) >= 11 is 1.38. The average Bonchev–Trinajstić information content (AvgIpc) is 2.90. The monoisotopic (exact) mass is 361 g/mol. The molecule has 0 bridgehead atoms. The normalized spacial score (nSPS) is 11.4. The molecule has 0 fully saturated rings. The van der Waals surface area contributed by atoms with Crippen LogP contribution in [0.15, 0.2) is 42.5 Å². The van der Waals surface area contributed by atoms with Gasteiger partial charge in [-0.2, -0.15) is 0 Å². The molecule has 1 aromatic heterocycles. The molecule has 0 atom stereocenters. The van der Waals surface area contributed by atoms with E-state index < -0.39 is 10.0 Å². The largest absolute Gasteiger partial charge is 0.298 e. The molecule has 6 nitrogen and oxygen atoms in total. The fraction of sp³-hybridized carbons (Fsp3) is 0.125. The standard InChI is InChI=1S/C16H15N3O3S2/c1-10-7-8-11(9-13(10)19-24(2,21)22)15(20)18-16-17-12-5-3-4-6-14(12)23-16/h3-9,19H,1-2H3,(H,17,18,20). The first-order chi connectivity index (χ1) is 11.3. The Labute approximate surface area is 143 Å². The lowest BCUT2D eigenvalue weighted by atomic mass is 10.1. The maximum absolute atomic E-state index is 12.4. The highest BCUT2D eigenvalue weighted by molar-refractivity contribution is 7.92. The molecular weight excluding hydrogens is 346 g/mol. The third-order valence-electron chi connectivity index (χ3n) is 3.31. The van der Waals surface area contributed by atoms with Gasteiger partial charge in [-0.3, -0.25) is 14.8 Å². The number of hydrogen-bond donors (Lipinski definition) is 2. The first-order valence-corrected chi connectivity index (χ1v) is 9.78. The predicted molar refractivity (Wildman–Crippen MR) is 97.2 cm³/mol. The highest BCUT2D eigenvalue weighted by Gasteiger charge is 2.13. The number of para-hydroxylation sites is 1. The van der Waals surface area contributed by atoms with Crippen molar-refractivity contribution in [3.63, 3.8) is 0 Å². The van der Waals surface area contributed by atoms with E-state index in [0.717, 1.165) is 22.0 Å². The van der Waals surface area contributed by atoms with Crippen molar-refractivity contribution < 1.29 is 13.2 Å². The SMILES string of the molecule is Cc1ccc(C(=O)Nc2nc3ccccc3s2)cc1NS(C)(=O)=O. The van der Waals surface area contributed by atoms with Crippen LogP contribution in [0, 0.1) is 6.92 Å². The number of aromatic nitrogens is 1. The van der Waals surface area contributed by atoms with Gasteiger partial charge in [0.25, 0.3) is 5.91 Å². The topological polar surface area (TPSA) is 88.2 Å². The summed E-state index contributed by atoms with van der Waals surface area (Å²) in [4.78, 5) is 16.8. The molecule has 3 aromatic rings. The van der Waals surface area contributed by atoms with E-state index >= 15 is 0 Å². The highest BCUT2D eigenvalue weighted by atomic mass is 32.2. The van der Waals surface area contributed by atoms with E-state index in [0.29, 0.717) is 16.4 Å². The van der Waals surface area contributed by atoms with Crippen molar-refractivity contribution in [1.82, 2.24) is 4.98 Å². The van der Waals surface area contributed by atoms with Gasteiger partial charge in [0.05, 0.1) is 22.2 Å². The molecule has 2 aromatic carbocycles. The lowest BCUT2D eigenvalue weighted by Crippen LogP contribution is -2.14. The number of anilines is 2. The number of nitrogens with zero attached hydrogens (tertiary/aromatic N) is 1. The molecule has 0 saturated heterocycles. The molecule has 0 spiro atoms. The van der Waals surface area contributed by atoms with Crippen molar-refractivity contribution in [1.29, 1.82) is 0 Å². The fourth-order valence-electron chi connectivity index (χ4n) is 2.17. The average molecular weight is 361 g/mol. The third kappa shape index (κ3) is 3.72. The minimum absolute atomic E-state index is 0.342. The second-order valence-electron chi connectivity index (χ2n) is 5.34. The number of thiazole rings is 1. The van der Waals surface area contributed by atoms with Crippen LogP contribution in [0.25, 0.3) is 10.2 Å². The van der Waals surface area contributed by atoms with Crippen molar-refractivity contribution in [2.75, 3.05) is 16.3 Å². The molecule has 8 heteroatoms. The van der Waals surface area contributed by atoms with Crippen LogP contribution in [0.3, 0.4) is 0 Å². The Bertz CT molecular complexity index is 993. The Morgan fingerprint density at radius 3 is 2.62 bits per heavy atom. The van der Waals surface area contributed by atoms with Gasteiger partial charge in [-0.25, -0.2) is 13.4 Å². The Morgan fingerprint density at radius 1 is 1.17 bits per heavy atom. The third-order valence-corrected chi connectivity index (χ3v) is 4.85. The summed E-state index contributed by atoms with van der Waals surface area (Å²) in [6.45, 7) is 1.77. The molecule has 124 valence electrons. The van der Waals surface area contributed by atoms with E-state index in [4.69, 9.17) is 0 Å². The maximum atomic E-state index is 12.4.